The van der Waals surface area contributed by atoms with Crippen LogP contribution in [0.15, 0.2) is 41.8 Å². The topological polar surface area (TPSA) is 32.8 Å². The lowest BCUT2D eigenvalue weighted by Gasteiger charge is -2.25. The van der Waals surface area contributed by atoms with E-state index in [9.17, 15) is 4.79 Å². The third kappa shape index (κ3) is 5.64. The molecule has 0 aliphatic carbocycles. The van der Waals surface area contributed by atoms with Crippen molar-refractivity contribution in [3.63, 3.8) is 0 Å². The van der Waals surface area contributed by atoms with E-state index in [0.717, 1.165) is 44.6 Å². The molecular weight excluding hydrogens is 356 g/mol. The van der Waals surface area contributed by atoms with Crippen molar-refractivity contribution in [3.8, 4) is 0 Å². The van der Waals surface area contributed by atoms with E-state index < -0.39 is 0 Å². The minimum absolute atomic E-state index is 0.0910. The molecule has 0 saturated carbocycles. The maximum atomic E-state index is 13.2. The molecule has 1 aromatic heterocycles. The first-order chi connectivity index (χ1) is 13.2. The van der Waals surface area contributed by atoms with Crippen LogP contribution < -0.4 is 0 Å². The van der Waals surface area contributed by atoms with Gasteiger partial charge in [0.25, 0.3) is 5.91 Å². The molecule has 3 rings (SSSR count). The fraction of sp³-hybridized carbons (Fsp3) is 0.500. The highest BCUT2D eigenvalue weighted by atomic mass is 32.1. The molecule has 0 spiro atoms. The van der Waals surface area contributed by atoms with E-state index in [-0.39, 0.29) is 12.0 Å². The van der Waals surface area contributed by atoms with E-state index in [2.05, 4.69) is 42.3 Å². The number of thiophene rings is 1. The largest absolute Gasteiger partial charge is 0.376 e. The van der Waals surface area contributed by atoms with Crippen LogP contribution >= 0.6 is 11.3 Å². The summed E-state index contributed by atoms with van der Waals surface area (Å²) >= 11 is 1.70. The normalized spacial score (nSPS) is 16.8. The van der Waals surface area contributed by atoms with Gasteiger partial charge in [-0.05, 0) is 55.1 Å². The van der Waals surface area contributed by atoms with E-state index in [4.69, 9.17) is 4.74 Å². The molecule has 0 radical (unpaired) electrons. The van der Waals surface area contributed by atoms with Crippen LogP contribution in [0.4, 0.5) is 0 Å². The fourth-order valence-corrected chi connectivity index (χ4v) is 4.20. The Labute approximate surface area is 166 Å². The molecule has 4 nitrogen and oxygen atoms in total. The van der Waals surface area contributed by atoms with Gasteiger partial charge < -0.3 is 9.64 Å². The number of ether oxygens (including phenoxy) is 1. The number of nitrogens with zero attached hydrogens (tertiary/aromatic N) is 2. The lowest BCUT2D eigenvalue weighted by Crippen LogP contribution is -2.36. The van der Waals surface area contributed by atoms with E-state index >= 15 is 0 Å². The van der Waals surface area contributed by atoms with E-state index in [1.54, 1.807) is 11.3 Å². The first-order valence-electron chi connectivity index (χ1n) is 9.94. The Morgan fingerprint density at radius 2 is 1.93 bits per heavy atom. The molecule has 5 heteroatoms. The third-order valence-electron chi connectivity index (χ3n) is 5.16. The average molecular weight is 387 g/mol. The van der Waals surface area contributed by atoms with Gasteiger partial charge in [-0.2, -0.15) is 0 Å². The quantitative estimate of drug-likeness (QED) is 0.640. The summed E-state index contributed by atoms with van der Waals surface area (Å²) in [6, 6.07) is 12.2. The first-order valence-corrected chi connectivity index (χ1v) is 10.8. The Morgan fingerprint density at radius 3 is 2.52 bits per heavy atom. The van der Waals surface area contributed by atoms with Gasteiger partial charge in [0.15, 0.2) is 0 Å². The zero-order chi connectivity index (χ0) is 19.1. The second kappa shape index (κ2) is 10.0. The number of benzene rings is 1. The van der Waals surface area contributed by atoms with Crippen LogP contribution in [0.2, 0.25) is 0 Å². The van der Waals surface area contributed by atoms with Gasteiger partial charge in [0, 0.05) is 30.1 Å². The highest BCUT2D eigenvalue weighted by Crippen LogP contribution is 2.19. The van der Waals surface area contributed by atoms with Crippen LogP contribution in [-0.2, 0) is 17.8 Å². The Hall–Kier alpha value is -1.69. The summed E-state index contributed by atoms with van der Waals surface area (Å²) in [6.45, 7) is 9.47. The predicted molar refractivity (Wildman–Crippen MR) is 111 cm³/mol. The average Bonchev–Trinajstić information content (AvgIpc) is 3.40. The molecule has 1 amide bonds. The molecule has 1 fully saturated rings. The monoisotopic (exact) mass is 386 g/mol. The van der Waals surface area contributed by atoms with Crippen LogP contribution in [0, 0.1) is 0 Å². The van der Waals surface area contributed by atoms with Crippen molar-refractivity contribution in [2.75, 3.05) is 26.2 Å². The summed E-state index contributed by atoms with van der Waals surface area (Å²) in [6.07, 6.45) is 2.29. The predicted octanol–water partition coefficient (Wildman–Crippen LogP) is 4.41. The molecular formula is C22H30N2O2S. The Kier molecular flexibility index (Phi) is 7.44. The zero-order valence-electron chi connectivity index (χ0n) is 16.4. The molecule has 1 aliphatic heterocycles. The first kappa shape index (κ1) is 20.1. The standard InChI is InChI=1S/C22H30N2O2S/c1-3-23(4-2)15-18-9-11-19(12-10-18)22(25)24(16-20-7-5-13-26-20)17-21-8-6-14-27-21/h6,8-12,14,20H,3-5,7,13,15-17H2,1-2H3. The number of hydrogen-bond donors (Lipinski definition) is 0. The summed E-state index contributed by atoms with van der Waals surface area (Å²) in [5.74, 6) is 0.0910. The van der Waals surface area contributed by atoms with Crippen molar-refractivity contribution in [2.45, 2.75) is 45.9 Å². The molecule has 1 saturated heterocycles. The highest BCUT2D eigenvalue weighted by Gasteiger charge is 2.24. The molecule has 1 aliphatic rings. The molecule has 2 heterocycles. The SMILES string of the molecule is CCN(CC)Cc1ccc(C(=O)N(Cc2cccs2)CC2CCCO2)cc1. The molecule has 0 N–H and O–H groups in total. The Balaban J connectivity index is 1.70. The van der Waals surface area contributed by atoms with Gasteiger partial charge in [0.2, 0.25) is 0 Å². The number of hydrogen-bond acceptors (Lipinski definition) is 4. The van der Waals surface area contributed by atoms with Gasteiger partial charge in [-0.3, -0.25) is 9.69 Å². The third-order valence-corrected chi connectivity index (χ3v) is 6.02. The van der Waals surface area contributed by atoms with Gasteiger partial charge in [-0.25, -0.2) is 0 Å². The second-order valence-corrected chi connectivity index (χ2v) is 8.09. The Morgan fingerprint density at radius 1 is 1.15 bits per heavy atom. The number of carbonyl (C=O) groups excluding carboxylic acids is 1. The summed E-state index contributed by atoms with van der Waals surface area (Å²) < 4.78 is 5.78. The molecule has 1 aromatic carbocycles. The van der Waals surface area contributed by atoms with Gasteiger partial charge >= 0.3 is 0 Å². The molecule has 0 bridgehead atoms. The maximum Gasteiger partial charge on any atom is 0.254 e. The molecule has 1 atom stereocenters. The second-order valence-electron chi connectivity index (χ2n) is 7.06. The molecule has 1 unspecified atom stereocenters. The van der Waals surface area contributed by atoms with Gasteiger partial charge in [0.05, 0.1) is 12.6 Å². The van der Waals surface area contributed by atoms with Crippen molar-refractivity contribution >= 4 is 17.2 Å². The van der Waals surface area contributed by atoms with Gasteiger partial charge in [0.1, 0.15) is 0 Å². The minimum atomic E-state index is 0.0910. The number of carbonyl (C=O) groups is 1. The van der Waals surface area contributed by atoms with Gasteiger partial charge in [-0.1, -0.05) is 32.0 Å². The smallest absolute Gasteiger partial charge is 0.254 e. The van der Waals surface area contributed by atoms with E-state index in [0.29, 0.717) is 13.1 Å². The lowest BCUT2D eigenvalue weighted by molar-refractivity contribution is 0.0509. The fourth-order valence-electron chi connectivity index (χ4n) is 3.48. The molecule has 27 heavy (non-hydrogen) atoms. The number of rotatable bonds is 9. The summed E-state index contributed by atoms with van der Waals surface area (Å²) in [7, 11) is 0. The van der Waals surface area contributed by atoms with Crippen molar-refractivity contribution in [2.24, 2.45) is 0 Å². The van der Waals surface area contributed by atoms with E-state index in [1.807, 2.05) is 23.1 Å². The van der Waals surface area contributed by atoms with Crippen molar-refractivity contribution < 1.29 is 9.53 Å². The van der Waals surface area contributed by atoms with Crippen LogP contribution in [0.3, 0.4) is 0 Å². The zero-order valence-corrected chi connectivity index (χ0v) is 17.2. The summed E-state index contributed by atoms with van der Waals surface area (Å²) in [5, 5.41) is 2.06. The van der Waals surface area contributed by atoms with Crippen LogP contribution in [-0.4, -0.2) is 48.1 Å². The van der Waals surface area contributed by atoms with Crippen molar-refractivity contribution in [3.05, 3.63) is 57.8 Å². The summed E-state index contributed by atoms with van der Waals surface area (Å²) in [4.78, 5) is 18.7. The molecule has 146 valence electrons. The van der Waals surface area contributed by atoms with E-state index in [1.165, 1.54) is 10.4 Å². The van der Waals surface area contributed by atoms with Gasteiger partial charge in [-0.15, -0.1) is 11.3 Å². The Bertz CT molecular complexity index is 690. The van der Waals surface area contributed by atoms with Crippen molar-refractivity contribution in [1.82, 2.24) is 9.80 Å². The highest BCUT2D eigenvalue weighted by molar-refractivity contribution is 7.09. The number of amides is 1. The van der Waals surface area contributed by atoms with Crippen molar-refractivity contribution in [1.29, 1.82) is 0 Å². The maximum absolute atomic E-state index is 13.2. The molecule has 2 aromatic rings. The van der Waals surface area contributed by atoms with Crippen LogP contribution in [0.25, 0.3) is 0 Å². The lowest BCUT2D eigenvalue weighted by atomic mass is 10.1. The minimum Gasteiger partial charge on any atom is -0.376 e. The summed E-state index contributed by atoms with van der Waals surface area (Å²) in [5.41, 5.74) is 2.01. The van der Waals surface area contributed by atoms with Crippen LogP contribution in [0.5, 0.6) is 0 Å². The van der Waals surface area contributed by atoms with Crippen LogP contribution in [0.1, 0.15) is 47.5 Å².